The van der Waals surface area contributed by atoms with Crippen molar-refractivity contribution in [3.8, 4) is 0 Å². The number of hydrogen-bond acceptors (Lipinski definition) is 4. The van der Waals surface area contributed by atoms with Crippen LogP contribution in [0.3, 0.4) is 0 Å². The van der Waals surface area contributed by atoms with E-state index < -0.39 is 12.1 Å². The highest BCUT2D eigenvalue weighted by Crippen LogP contribution is 2.29. The molecule has 0 aliphatic rings. The number of hydrogen-bond donors (Lipinski definition) is 1. The summed E-state index contributed by atoms with van der Waals surface area (Å²) in [5, 5.41) is 10.7. The van der Waals surface area contributed by atoms with Crippen molar-refractivity contribution < 1.29 is 19.1 Å². The first-order valence-corrected chi connectivity index (χ1v) is 5.48. The average molecular weight is 234 g/mol. The molecule has 2 rings (SSSR count). The van der Waals surface area contributed by atoms with Crippen LogP contribution in [0.4, 0.5) is 0 Å². The second-order valence-electron chi connectivity index (χ2n) is 3.74. The lowest BCUT2D eigenvalue weighted by Gasteiger charge is -2.07. The maximum Gasteiger partial charge on any atom is 0.342 e. The molecule has 1 aromatic carbocycles. The minimum Gasteiger partial charge on any atom is -0.464 e. The smallest absolute Gasteiger partial charge is 0.342 e. The van der Waals surface area contributed by atoms with Gasteiger partial charge in [0.05, 0.1) is 6.61 Å². The standard InChI is InChI=1S/C13H14O4/c1-3-16-13(15)11(14)12-8(2)9-6-4-5-7-10(9)17-12/h4-7,11,14H,3H2,1-2H3. The highest BCUT2D eigenvalue weighted by Gasteiger charge is 2.25. The van der Waals surface area contributed by atoms with Crippen LogP contribution in [0.15, 0.2) is 28.7 Å². The van der Waals surface area contributed by atoms with Crippen LogP contribution < -0.4 is 0 Å². The Balaban J connectivity index is 2.42. The first-order chi connectivity index (χ1) is 8.15. The van der Waals surface area contributed by atoms with Crippen LogP contribution in [-0.2, 0) is 9.53 Å². The van der Waals surface area contributed by atoms with Crippen LogP contribution in [-0.4, -0.2) is 17.7 Å². The van der Waals surface area contributed by atoms with Gasteiger partial charge in [0.2, 0.25) is 6.10 Å². The number of benzene rings is 1. The fraction of sp³-hybridized carbons (Fsp3) is 0.308. The summed E-state index contributed by atoms with van der Waals surface area (Å²) in [4.78, 5) is 11.4. The molecular formula is C13H14O4. The van der Waals surface area contributed by atoms with Gasteiger partial charge in [-0.2, -0.15) is 0 Å². The lowest BCUT2D eigenvalue weighted by molar-refractivity contribution is -0.154. The molecule has 0 aliphatic carbocycles. The monoisotopic (exact) mass is 234 g/mol. The Morgan fingerprint density at radius 1 is 1.47 bits per heavy atom. The molecule has 0 spiro atoms. The second-order valence-corrected chi connectivity index (χ2v) is 3.74. The molecule has 0 saturated heterocycles. The van der Waals surface area contributed by atoms with Gasteiger partial charge in [0, 0.05) is 10.9 Å². The summed E-state index contributed by atoms with van der Waals surface area (Å²) >= 11 is 0. The van der Waals surface area contributed by atoms with Gasteiger partial charge in [0.1, 0.15) is 11.3 Å². The summed E-state index contributed by atoms with van der Waals surface area (Å²) in [5.74, 6) is -0.431. The van der Waals surface area contributed by atoms with E-state index in [4.69, 9.17) is 9.15 Å². The zero-order valence-electron chi connectivity index (χ0n) is 9.77. The quantitative estimate of drug-likeness (QED) is 0.828. The van der Waals surface area contributed by atoms with E-state index in [1.165, 1.54) is 0 Å². The van der Waals surface area contributed by atoms with Crippen LogP contribution in [0.2, 0.25) is 0 Å². The number of aliphatic hydroxyl groups is 1. The topological polar surface area (TPSA) is 59.7 Å². The predicted molar refractivity (Wildman–Crippen MR) is 62.5 cm³/mol. The number of aryl methyl sites for hydroxylation is 1. The summed E-state index contributed by atoms with van der Waals surface area (Å²) < 4.78 is 10.2. The molecule has 1 N–H and O–H groups in total. The van der Waals surface area contributed by atoms with Gasteiger partial charge in [-0.25, -0.2) is 4.79 Å². The first-order valence-electron chi connectivity index (χ1n) is 5.48. The number of rotatable bonds is 3. The number of esters is 1. The molecule has 1 heterocycles. The van der Waals surface area contributed by atoms with E-state index in [9.17, 15) is 9.90 Å². The van der Waals surface area contributed by atoms with Crippen molar-refractivity contribution in [2.24, 2.45) is 0 Å². The molecule has 2 aromatic rings. The Bertz CT molecular complexity index is 541. The molecule has 0 fully saturated rings. The normalized spacial score (nSPS) is 12.6. The van der Waals surface area contributed by atoms with Crippen LogP contribution in [0.5, 0.6) is 0 Å². The van der Waals surface area contributed by atoms with Crippen molar-refractivity contribution in [2.75, 3.05) is 6.61 Å². The summed E-state index contributed by atoms with van der Waals surface area (Å²) in [5.41, 5.74) is 1.42. The molecule has 1 unspecified atom stereocenters. The van der Waals surface area contributed by atoms with Gasteiger partial charge in [0.15, 0.2) is 0 Å². The van der Waals surface area contributed by atoms with Crippen molar-refractivity contribution in [1.82, 2.24) is 0 Å². The summed E-state index contributed by atoms with van der Waals surface area (Å²) in [6, 6.07) is 7.40. The SMILES string of the molecule is CCOC(=O)C(O)c1oc2ccccc2c1C. The highest BCUT2D eigenvalue weighted by molar-refractivity contribution is 5.85. The molecular weight excluding hydrogens is 220 g/mol. The Kier molecular flexibility index (Phi) is 3.15. The van der Waals surface area contributed by atoms with Crippen LogP contribution in [0.1, 0.15) is 24.4 Å². The van der Waals surface area contributed by atoms with Crippen molar-refractivity contribution in [2.45, 2.75) is 20.0 Å². The van der Waals surface area contributed by atoms with E-state index in [1.807, 2.05) is 25.1 Å². The molecule has 90 valence electrons. The second kappa shape index (κ2) is 4.59. The minimum atomic E-state index is -1.36. The lowest BCUT2D eigenvalue weighted by atomic mass is 10.1. The minimum absolute atomic E-state index is 0.231. The molecule has 0 radical (unpaired) electrons. The Morgan fingerprint density at radius 3 is 2.82 bits per heavy atom. The third kappa shape index (κ3) is 2.03. The maximum absolute atomic E-state index is 11.4. The van der Waals surface area contributed by atoms with Crippen LogP contribution >= 0.6 is 0 Å². The van der Waals surface area contributed by atoms with Crippen molar-refractivity contribution in [3.63, 3.8) is 0 Å². The molecule has 0 amide bonds. The fourth-order valence-electron chi connectivity index (χ4n) is 1.78. The number of furan rings is 1. The van der Waals surface area contributed by atoms with Crippen LogP contribution in [0.25, 0.3) is 11.0 Å². The fourth-order valence-corrected chi connectivity index (χ4v) is 1.78. The lowest BCUT2D eigenvalue weighted by Crippen LogP contribution is -2.15. The number of aliphatic hydroxyl groups excluding tert-OH is 1. The van der Waals surface area contributed by atoms with E-state index >= 15 is 0 Å². The third-order valence-corrected chi connectivity index (χ3v) is 2.64. The Hall–Kier alpha value is -1.81. The Morgan fingerprint density at radius 2 is 2.18 bits per heavy atom. The van der Waals surface area contributed by atoms with E-state index in [2.05, 4.69) is 0 Å². The number of fused-ring (bicyclic) bond motifs is 1. The largest absolute Gasteiger partial charge is 0.464 e. The van der Waals surface area contributed by atoms with Gasteiger partial charge in [-0.05, 0) is 19.9 Å². The van der Waals surface area contributed by atoms with Crippen molar-refractivity contribution >= 4 is 16.9 Å². The zero-order valence-corrected chi connectivity index (χ0v) is 9.77. The van der Waals surface area contributed by atoms with Gasteiger partial charge in [-0.3, -0.25) is 0 Å². The zero-order chi connectivity index (χ0) is 12.4. The molecule has 4 nitrogen and oxygen atoms in total. The highest BCUT2D eigenvalue weighted by atomic mass is 16.5. The number of carbonyl (C=O) groups excluding carboxylic acids is 1. The predicted octanol–water partition coefficient (Wildman–Crippen LogP) is 2.34. The number of para-hydroxylation sites is 1. The van der Waals surface area contributed by atoms with Crippen molar-refractivity contribution in [3.05, 3.63) is 35.6 Å². The van der Waals surface area contributed by atoms with Crippen molar-refractivity contribution in [1.29, 1.82) is 0 Å². The van der Waals surface area contributed by atoms with Gasteiger partial charge in [-0.15, -0.1) is 0 Å². The van der Waals surface area contributed by atoms with Gasteiger partial charge in [-0.1, -0.05) is 18.2 Å². The summed E-state index contributed by atoms with van der Waals surface area (Å²) in [6.45, 7) is 3.73. The molecule has 0 saturated carbocycles. The van der Waals surface area contributed by atoms with E-state index in [1.54, 1.807) is 13.0 Å². The molecule has 0 bridgehead atoms. The van der Waals surface area contributed by atoms with Gasteiger partial charge < -0.3 is 14.3 Å². The molecule has 4 heteroatoms. The van der Waals surface area contributed by atoms with E-state index in [0.717, 1.165) is 10.9 Å². The molecule has 1 atom stereocenters. The average Bonchev–Trinajstić information content (AvgIpc) is 2.67. The molecule has 1 aromatic heterocycles. The molecule has 0 aliphatic heterocycles. The van der Waals surface area contributed by atoms with Gasteiger partial charge >= 0.3 is 5.97 Å². The Labute approximate surface area is 98.8 Å². The first kappa shape index (κ1) is 11.7. The third-order valence-electron chi connectivity index (χ3n) is 2.64. The number of ether oxygens (including phenoxy) is 1. The van der Waals surface area contributed by atoms with Crippen LogP contribution in [0, 0.1) is 6.92 Å². The van der Waals surface area contributed by atoms with E-state index in [-0.39, 0.29) is 12.4 Å². The van der Waals surface area contributed by atoms with Gasteiger partial charge in [0.25, 0.3) is 0 Å². The number of carbonyl (C=O) groups is 1. The molecule has 17 heavy (non-hydrogen) atoms. The summed E-state index contributed by atoms with van der Waals surface area (Å²) in [7, 11) is 0. The summed E-state index contributed by atoms with van der Waals surface area (Å²) in [6.07, 6.45) is -1.36. The van der Waals surface area contributed by atoms with E-state index in [0.29, 0.717) is 5.58 Å². The maximum atomic E-state index is 11.4.